The van der Waals surface area contributed by atoms with Crippen LogP contribution in [0.1, 0.15) is 39.5 Å². The zero-order valence-corrected chi connectivity index (χ0v) is 12.2. The molecule has 0 amide bonds. The number of ether oxygens (including phenoxy) is 3. The van der Waals surface area contributed by atoms with E-state index in [-0.39, 0.29) is 0 Å². The second kappa shape index (κ2) is 16.8. The maximum Gasteiger partial charge on any atom is 0.0701 e. The van der Waals surface area contributed by atoms with Crippen LogP contribution in [0, 0.1) is 0 Å². The molecule has 0 radical (unpaired) electrons. The molecule has 0 aliphatic carbocycles. The Bertz CT molecular complexity index is 129. The first-order valence-corrected chi connectivity index (χ1v) is 7.35. The lowest BCUT2D eigenvalue weighted by Gasteiger charge is -2.07. The molecule has 1 N–H and O–H groups in total. The molecule has 0 saturated heterocycles. The minimum atomic E-state index is 0.704. The van der Waals surface area contributed by atoms with Crippen LogP contribution in [-0.4, -0.2) is 52.7 Å². The van der Waals surface area contributed by atoms with Gasteiger partial charge >= 0.3 is 0 Å². The smallest absolute Gasteiger partial charge is 0.0701 e. The van der Waals surface area contributed by atoms with Crippen molar-refractivity contribution in [3.63, 3.8) is 0 Å². The predicted molar refractivity (Wildman–Crippen MR) is 75.1 cm³/mol. The normalized spacial score (nSPS) is 11.0. The molecule has 0 spiro atoms. The van der Waals surface area contributed by atoms with Gasteiger partial charge in [-0.1, -0.05) is 13.3 Å². The fourth-order valence-corrected chi connectivity index (χ4v) is 1.44. The summed E-state index contributed by atoms with van der Waals surface area (Å²) >= 11 is 0. The number of hydrogen-bond donors (Lipinski definition) is 1. The van der Waals surface area contributed by atoms with E-state index in [4.69, 9.17) is 14.2 Å². The van der Waals surface area contributed by atoms with Crippen LogP contribution in [0.2, 0.25) is 0 Å². The van der Waals surface area contributed by atoms with Crippen molar-refractivity contribution < 1.29 is 14.2 Å². The Morgan fingerprint density at radius 2 is 1.39 bits per heavy atom. The minimum Gasteiger partial charge on any atom is -0.382 e. The molecule has 4 heteroatoms. The Morgan fingerprint density at radius 3 is 2.11 bits per heavy atom. The average Bonchev–Trinajstić information content (AvgIpc) is 2.39. The fraction of sp³-hybridized carbons (Fsp3) is 1.00. The van der Waals surface area contributed by atoms with Crippen molar-refractivity contribution in [1.82, 2.24) is 5.32 Å². The predicted octanol–water partition coefficient (Wildman–Crippen LogP) is 2.23. The lowest BCUT2D eigenvalue weighted by atomic mass is 10.3. The van der Waals surface area contributed by atoms with Crippen LogP contribution in [0.5, 0.6) is 0 Å². The zero-order valence-electron chi connectivity index (χ0n) is 12.2. The third kappa shape index (κ3) is 15.8. The maximum atomic E-state index is 5.45. The van der Waals surface area contributed by atoms with Crippen LogP contribution in [0.15, 0.2) is 0 Å². The van der Waals surface area contributed by atoms with Gasteiger partial charge in [0, 0.05) is 26.4 Å². The summed E-state index contributed by atoms with van der Waals surface area (Å²) in [6.45, 7) is 10.9. The van der Waals surface area contributed by atoms with Gasteiger partial charge in [-0.2, -0.15) is 0 Å². The van der Waals surface area contributed by atoms with Crippen molar-refractivity contribution >= 4 is 0 Å². The Hall–Kier alpha value is -0.160. The first-order valence-electron chi connectivity index (χ1n) is 7.35. The van der Waals surface area contributed by atoms with Gasteiger partial charge in [0.15, 0.2) is 0 Å². The Labute approximate surface area is 112 Å². The lowest BCUT2D eigenvalue weighted by molar-refractivity contribution is 0.0478. The van der Waals surface area contributed by atoms with Gasteiger partial charge in [-0.3, -0.25) is 0 Å². The lowest BCUT2D eigenvalue weighted by Crippen LogP contribution is -2.22. The maximum absolute atomic E-state index is 5.45. The second-order valence-electron chi connectivity index (χ2n) is 4.23. The van der Waals surface area contributed by atoms with E-state index in [9.17, 15) is 0 Å². The van der Waals surface area contributed by atoms with E-state index >= 15 is 0 Å². The number of rotatable bonds is 15. The van der Waals surface area contributed by atoms with Crippen LogP contribution >= 0.6 is 0 Å². The van der Waals surface area contributed by atoms with E-state index in [0.717, 1.165) is 52.4 Å². The molecule has 4 nitrogen and oxygen atoms in total. The van der Waals surface area contributed by atoms with E-state index in [1.165, 1.54) is 12.8 Å². The van der Waals surface area contributed by atoms with E-state index < -0.39 is 0 Å². The summed E-state index contributed by atoms with van der Waals surface area (Å²) in [7, 11) is 0. The molecule has 0 aromatic carbocycles. The minimum absolute atomic E-state index is 0.704. The monoisotopic (exact) mass is 261 g/mol. The molecule has 110 valence electrons. The van der Waals surface area contributed by atoms with Crippen LogP contribution in [0.4, 0.5) is 0 Å². The SMILES string of the molecule is CCCCOCCOCCNCCCCOCC. The molecular weight excluding hydrogens is 230 g/mol. The highest BCUT2D eigenvalue weighted by atomic mass is 16.5. The molecule has 0 bridgehead atoms. The van der Waals surface area contributed by atoms with Gasteiger partial charge in [-0.05, 0) is 32.7 Å². The molecular formula is C14H31NO3. The highest BCUT2D eigenvalue weighted by Crippen LogP contribution is 1.89. The standard InChI is InChI=1S/C14H31NO3/c1-3-5-10-17-13-14-18-12-9-15-8-6-7-11-16-4-2/h15H,3-14H2,1-2H3. The quantitative estimate of drug-likeness (QED) is 0.459. The van der Waals surface area contributed by atoms with E-state index in [2.05, 4.69) is 12.2 Å². The molecule has 0 aromatic rings. The van der Waals surface area contributed by atoms with E-state index in [1.807, 2.05) is 6.92 Å². The van der Waals surface area contributed by atoms with Gasteiger partial charge in [-0.15, -0.1) is 0 Å². The Morgan fingerprint density at radius 1 is 0.667 bits per heavy atom. The van der Waals surface area contributed by atoms with Gasteiger partial charge in [0.25, 0.3) is 0 Å². The molecule has 0 fully saturated rings. The van der Waals surface area contributed by atoms with Crippen molar-refractivity contribution in [3.05, 3.63) is 0 Å². The summed E-state index contributed by atoms with van der Waals surface area (Å²) in [5.41, 5.74) is 0. The summed E-state index contributed by atoms with van der Waals surface area (Å²) in [6.07, 6.45) is 4.63. The van der Waals surface area contributed by atoms with Crippen molar-refractivity contribution in [3.8, 4) is 0 Å². The van der Waals surface area contributed by atoms with Gasteiger partial charge in [-0.25, -0.2) is 0 Å². The van der Waals surface area contributed by atoms with Crippen molar-refractivity contribution in [2.75, 3.05) is 52.7 Å². The highest BCUT2D eigenvalue weighted by Gasteiger charge is 1.91. The molecule has 0 rings (SSSR count). The third-order valence-corrected chi connectivity index (χ3v) is 2.53. The summed E-state index contributed by atoms with van der Waals surface area (Å²) in [5.74, 6) is 0. The van der Waals surface area contributed by atoms with Crippen molar-refractivity contribution in [2.45, 2.75) is 39.5 Å². The molecule has 0 aromatic heterocycles. The Balaban J connectivity index is 2.86. The molecule has 18 heavy (non-hydrogen) atoms. The summed E-state index contributed by atoms with van der Waals surface area (Å²) in [4.78, 5) is 0. The van der Waals surface area contributed by atoms with Crippen LogP contribution in [0.3, 0.4) is 0 Å². The van der Waals surface area contributed by atoms with Crippen molar-refractivity contribution in [1.29, 1.82) is 0 Å². The first kappa shape index (κ1) is 17.8. The molecule has 0 saturated carbocycles. The first-order chi connectivity index (χ1) is 8.91. The van der Waals surface area contributed by atoms with Gasteiger partial charge in [0.2, 0.25) is 0 Å². The number of hydrogen-bond acceptors (Lipinski definition) is 4. The van der Waals surface area contributed by atoms with E-state index in [1.54, 1.807) is 0 Å². The highest BCUT2D eigenvalue weighted by molar-refractivity contribution is 4.47. The molecule has 0 atom stereocenters. The topological polar surface area (TPSA) is 39.7 Å². The zero-order chi connectivity index (χ0) is 13.3. The van der Waals surface area contributed by atoms with Crippen LogP contribution < -0.4 is 5.32 Å². The largest absolute Gasteiger partial charge is 0.382 e. The Kier molecular flexibility index (Phi) is 16.7. The van der Waals surface area contributed by atoms with Gasteiger partial charge in [0.05, 0.1) is 19.8 Å². The summed E-state index contributed by atoms with van der Waals surface area (Å²) in [5, 5.41) is 3.35. The molecule has 0 aliphatic rings. The fourth-order valence-electron chi connectivity index (χ4n) is 1.44. The van der Waals surface area contributed by atoms with E-state index in [0.29, 0.717) is 13.2 Å². The third-order valence-electron chi connectivity index (χ3n) is 2.53. The second-order valence-corrected chi connectivity index (χ2v) is 4.23. The number of unbranched alkanes of at least 4 members (excludes halogenated alkanes) is 2. The number of nitrogens with one attached hydrogen (secondary N) is 1. The van der Waals surface area contributed by atoms with Gasteiger partial charge in [0.1, 0.15) is 0 Å². The average molecular weight is 261 g/mol. The molecule has 0 aliphatic heterocycles. The van der Waals surface area contributed by atoms with Crippen LogP contribution in [0.25, 0.3) is 0 Å². The summed E-state index contributed by atoms with van der Waals surface area (Å²) < 4.78 is 16.1. The summed E-state index contributed by atoms with van der Waals surface area (Å²) in [6, 6.07) is 0. The van der Waals surface area contributed by atoms with Crippen LogP contribution in [-0.2, 0) is 14.2 Å². The van der Waals surface area contributed by atoms with Crippen molar-refractivity contribution in [2.24, 2.45) is 0 Å². The van der Waals surface area contributed by atoms with Gasteiger partial charge < -0.3 is 19.5 Å². The molecule has 0 unspecified atom stereocenters. The molecule has 0 heterocycles.